The molecule has 0 bridgehead atoms. The Kier molecular flexibility index (Phi) is 8.96. The highest BCUT2D eigenvalue weighted by Crippen LogP contribution is 2.42. The minimum atomic E-state index is -0.280. The maximum atomic E-state index is 14.0. The summed E-state index contributed by atoms with van der Waals surface area (Å²) in [7, 11) is 0. The fourth-order valence-corrected chi connectivity index (χ4v) is 5.03. The summed E-state index contributed by atoms with van der Waals surface area (Å²) >= 11 is 0. The average Bonchev–Trinajstić information content (AvgIpc) is 3.28. The predicted molar refractivity (Wildman–Crippen MR) is 157 cm³/mol. The van der Waals surface area contributed by atoms with E-state index in [2.05, 4.69) is 37.2 Å². The third-order valence-corrected chi connectivity index (χ3v) is 6.95. The maximum absolute atomic E-state index is 14.0. The van der Waals surface area contributed by atoms with Gasteiger partial charge in [0.15, 0.2) is 0 Å². The molecule has 3 nitrogen and oxygen atoms in total. The molecule has 1 N–H and O–H groups in total. The quantitative estimate of drug-likeness (QED) is 0.159. The van der Waals surface area contributed by atoms with Crippen molar-refractivity contribution >= 4 is 11.6 Å². The van der Waals surface area contributed by atoms with Gasteiger partial charge in [0.25, 0.3) is 5.91 Å². The third kappa shape index (κ3) is 6.13. The SMILES string of the molecule is C=C(CC)CCCCn1c(-c2ccc(F)cc2)c(-c2ccccc2)c(C(=O)Nc2ccccc2)c1C(C)C. The van der Waals surface area contributed by atoms with Crippen LogP contribution in [0.1, 0.15) is 68.4 Å². The molecular formula is C34H37FN2O. The molecule has 0 aliphatic heterocycles. The van der Waals surface area contributed by atoms with Crippen LogP contribution in [-0.4, -0.2) is 10.5 Å². The fourth-order valence-electron chi connectivity index (χ4n) is 5.03. The number of nitrogens with one attached hydrogen (secondary N) is 1. The second-order valence-corrected chi connectivity index (χ2v) is 10.0. The van der Waals surface area contributed by atoms with E-state index in [1.807, 2.05) is 72.8 Å². The van der Waals surface area contributed by atoms with Crippen LogP contribution in [-0.2, 0) is 6.54 Å². The van der Waals surface area contributed by atoms with Gasteiger partial charge in [-0.3, -0.25) is 4.79 Å². The lowest BCUT2D eigenvalue weighted by Gasteiger charge is -2.17. The van der Waals surface area contributed by atoms with Crippen molar-refractivity contribution in [2.75, 3.05) is 5.32 Å². The Morgan fingerprint density at radius 3 is 2.13 bits per heavy atom. The molecule has 4 heteroatoms. The number of hydrogen-bond donors (Lipinski definition) is 1. The molecule has 1 aromatic heterocycles. The predicted octanol–water partition coefficient (Wildman–Crippen LogP) is 9.47. The molecule has 4 aromatic rings. The average molecular weight is 509 g/mol. The van der Waals surface area contributed by atoms with Gasteiger partial charge in [0.2, 0.25) is 0 Å². The molecule has 0 radical (unpaired) electrons. The van der Waals surface area contributed by atoms with E-state index in [4.69, 9.17) is 0 Å². The normalized spacial score (nSPS) is 11.1. The van der Waals surface area contributed by atoms with Crippen molar-refractivity contribution in [3.05, 3.63) is 114 Å². The van der Waals surface area contributed by atoms with Gasteiger partial charge >= 0.3 is 0 Å². The number of anilines is 1. The van der Waals surface area contributed by atoms with E-state index in [1.54, 1.807) is 0 Å². The van der Waals surface area contributed by atoms with E-state index in [9.17, 15) is 9.18 Å². The number of halogens is 1. The summed E-state index contributed by atoms with van der Waals surface area (Å²) in [5.74, 6) is -0.327. The number of carbonyl (C=O) groups excluding carboxylic acids is 1. The summed E-state index contributed by atoms with van der Waals surface area (Å²) in [6.45, 7) is 11.3. The van der Waals surface area contributed by atoms with E-state index in [0.29, 0.717) is 5.56 Å². The molecule has 1 amide bonds. The van der Waals surface area contributed by atoms with Gasteiger partial charge in [-0.15, -0.1) is 0 Å². The molecule has 1 heterocycles. The monoisotopic (exact) mass is 508 g/mol. The van der Waals surface area contributed by atoms with Crippen LogP contribution >= 0.6 is 0 Å². The summed E-state index contributed by atoms with van der Waals surface area (Å²) in [6, 6.07) is 26.2. The number of benzene rings is 3. The van der Waals surface area contributed by atoms with Crippen LogP contribution in [0.15, 0.2) is 97.1 Å². The van der Waals surface area contributed by atoms with Gasteiger partial charge < -0.3 is 9.88 Å². The molecule has 0 saturated carbocycles. The molecule has 0 aliphatic rings. The van der Waals surface area contributed by atoms with Gasteiger partial charge in [0, 0.05) is 23.5 Å². The van der Waals surface area contributed by atoms with Gasteiger partial charge in [-0.1, -0.05) is 81.5 Å². The third-order valence-electron chi connectivity index (χ3n) is 6.95. The molecule has 0 saturated heterocycles. The van der Waals surface area contributed by atoms with Crippen molar-refractivity contribution in [2.45, 2.75) is 58.9 Å². The van der Waals surface area contributed by atoms with E-state index < -0.39 is 0 Å². The Labute approximate surface area is 226 Å². The number of nitrogens with zero attached hydrogens (tertiary/aromatic N) is 1. The zero-order valence-electron chi connectivity index (χ0n) is 22.6. The van der Waals surface area contributed by atoms with Crippen molar-refractivity contribution < 1.29 is 9.18 Å². The lowest BCUT2D eigenvalue weighted by atomic mass is 9.94. The molecule has 0 atom stereocenters. The number of para-hydroxylation sites is 1. The first-order valence-corrected chi connectivity index (χ1v) is 13.5. The summed E-state index contributed by atoms with van der Waals surface area (Å²) < 4.78 is 16.3. The molecule has 0 unspecified atom stereocenters. The molecule has 0 spiro atoms. The minimum absolute atomic E-state index is 0.0915. The lowest BCUT2D eigenvalue weighted by Crippen LogP contribution is -2.16. The Morgan fingerprint density at radius 1 is 0.895 bits per heavy atom. The first-order chi connectivity index (χ1) is 18.4. The van der Waals surface area contributed by atoms with E-state index >= 15 is 0 Å². The summed E-state index contributed by atoms with van der Waals surface area (Å²) in [5, 5.41) is 3.13. The second kappa shape index (κ2) is 12.6. The van der Waals surface area contributed by atoms with Crippen molar-refractivity contribution in [2.24, 2.45) is 0 Å². The molecule has 0 fully saturated rings. The van der Waals surface area contributed by atoms with Crippen LogP contribution in [0.25, 0.3) is 22.4 Å². The molecule has 4 rings (SSSR count). The summed E-state index contributed by atoms with van der Waals surface area (Å²) in [6.07, 6.45) is 3.96. The van der Waals surface area contributed by atoms with Crippen LogP contribution in [0.5, 0.6) is 0 Å². The minimum Gasteiger partial charge on any atom is -0.343 e. The van der Waals surface area contributed by atoms with Gasteiger partial charge in [0.05, 0.1) is 11.3 Å². The number of rotatable bonds is 11. The molecular weight excluding hydrogens is 471 g/mol. The molecule has 3 aromatic carbocycles. The lowest BCUT2D eigenvalue weighted by molar-refractivity contribution is 0.102. The Balaban J connectivity index is 1.93. The highest BCUT2D eigenvalue weighted by atomic mass is 19.1. The molecule has 196 valence electrons. The maximum Gasteiger partial charge on any atom is 0.258 e. The number of hydrogen-bond acceptors (Lipinski definition) is 1. The highest BCUT2D eigenvalue weighted by Gasteiger charge is 2.30. The van der Waals surface area contributed by atoms with E-state index in [1.165, 1.54) is 17.7 Å². The van der Waals surface area contributed by atoms with Crippen molar-refractivity contribution in [3.63, 3.8) is 0 Å². The van der Waals surface area contributed by atoms with Gasteiger partial charge in [-0.05, 0) is 79.1 Å². The van der Waals surface area contributed by atoms with Crippen LogP contribution in [0.3, 0.4) is 0 Å². The van der Waals surface area contributed by atoms with Crippen LogP contribution in [0.4, 0.5) is 10.1 Å². The van der Waals surface area contributed by atoms with Gasteiger partial charge in [-0.25, -0.2) is 4.39 Å². The first-order valence-electron chi connectivity index (χ1n) is 13.5. The number of amides is 1. The largest absolute Gasteiger partial charge is 0.343 e. The fraction of sp³-hybridized carbons (Fsp3) is 0.265. The molecule has 38 heavy (non-hydrogen) atoms. The topological polar surface area (TPSA) is 34.0 Å². The molecule has 0 aliphatic carbocycles. The van der Waals surface area contributed by atoms with Crippen molar-refractivity contribution in [3.8, 4) is 22.4 Å². The van der Waals surface area contributed by atoms with E-state index in [0.717, 1.165) is 66.0 Å². The van der Waals surface area contributed by atoms with Gasteiger partial charge in [0.1, 0.15) is 5.82 Å². The van der Waals surface area contributed by atoms with Gasteiger partial charge in [-0.2, -0.15) is 0 Å². The zero-order valence-corrected chi connectivity index (χ0v) is 22.6. The Hall–Kier alpha value is -3.92. The Bertz CT molecular complexity index is 1370. The van der Waals surface area contributed by atoms with Crippen molar-refractivity contribution in [1.29, 1.82) is 0 Å². The second-order valence-electron chi connectivity index (χ2n) is 10.0. The van der Waals surface area contributed by atoms with Crippen molar-refractivity contribution in [1.82, 2.24) is 4.57 Å². The zero-order chi connectivity index (χ0) is 27.1. The number of unbranched alkanes of at least 4 members (excludes halogenated alkanes) is 1. The van der Waals surface area contributed by atoms with Crippen LogP contribution in [0.2, 0.25) is 0 Å². The number of aromatic nitrogens is 1. The standard InChI is InChI=1S/C34H37FN2O/c1-5-25(4)14-12-13-23-37-32(24(2)3)31(34(38)36-29-17-10-7-11-18-29)30(26-15-8-6-9-16-26)33(37)27-19-21-28(35)22-20-27/h6-11,15-22,24H,4-5,12-14,23H2,1-3H3,(H,36,38). The van der Waals surface area contributed by atoms with E-state index in [-0.39, 0.29) is 17.6 Å². The van der Waals surface area contributed by atoms with Crippen LogP contribution in [0, 0.1) is 5.82 Å². The first kappa shape index (κ1) is 27.1. The Morgan fingerprint density at radius 2 is 1.53 bits per heavy atom. The van der Waals surface area contributed by atoms with Crippen LogP contribution < -0.4 is 5.32 Å². The number of allylic oxidation sites excluding steroid dienone is 1. The number of carbonyl (C=O) groups is 1. The smallest absolute Gasteiger partial charge is 0.258 e. The summed E-state index contributed by atoms with van der Waals surface area (Å²) in [5.41, 5.74) is 7.36. The highest BCUT2D eigenvalue weighted by molar-refractivity contribution is 6.12. The summed E-state index contributed by atoms with van der Waals surface area (Å²) in [4.78, 5) is 14.0.